The van der Waals surface area contributed by atoms with Gasteiger partial charge in [0.1, 0.15) is 4.88 Å². The van der Waals surface area contributed by atoms with Crippen LogP contribution in [0.1, 0.15) is 19.3 Å². The Labute approximate surface area is 149 Å². The highest BCUT2D eigenvalue weighted by Gasteiger charge is 2.24. The predicted octanol–water partition coefficient (Wildman–Crippen LogP) is 3.15. The third-order valence-corrected chi connectivity index (χ3v) is 5.34. The summed E-state index contributed by atoms with van der Waals surface area (Å²) in [4.78, 5) is 29.1. The van der Waals surface area contributed by atoms with Gasteiger partial charge >= 0.3 is 5.97 Å². The number of halogens is 1. The molecule has 1 amide bonds. The zero-order valence-electron chi connectivity index (χ0n) is 13.2. The summed E-state index contributed by atoms with van der Waals surface area (Å²) in [6.45, 7) is 2.69. The first-order valence-corrected chi connectivity index (χ1v) is 8.76. The van der Waals surface area contributed by atoms with Crippen LogP contribution in [0.3, 0.4) is 0 Å². The van der Waals surface area contributed by atoms with Crippen LogP contribution < -0.4 is 4.90 Å². The van der Waals surface area contributed by atoms with E-state index in [1.54, 1.807) is 17.0 Å². The molecular weight excluding hydrogens is 348 g/mol. The fourth-order valence-electron chi connectivity index (χ4n) is 2.68. The first-order valence-electron chi connectivity index (χ1n) is 7.57. The molecule has 1 saturated heterocycles. The van der Waals surface area contributed by atoms with Gasteiger partial charge in [0.05, 0.1) is 22.7 Å². The van der Waals surface area contributed by atoms with Crippen molar-refractivity contribution in [1.29, 1.82) is 0 Å². The van der Waals surface area contributed by atoms with Crippen LogP contribution >= 0.6 is 22.9 Å². The molecule has 3 rings (SSSR count). The summed E-state index contributed by atoms with van der Waals surface area (Å²) >= 11 is 7.40. The Balaban J connectivity index is 1.64. The number of ether oxygens (including phenoxy) is 1. The minimum Gasteiger partial charge on any atom is -0.465 e. The monoisotopic (exact) mass is 364 g/mol. The van der Waals surface area contributed by atoms with E-state index in [4.69, 9.17) is 11.6 Å². The largest absolute Gasteiger partial charge is 0.465 e. The van der Waals surface area contributed by atoms with E-state index in [0.29, 0.717) is 22.8 Å². The average molecular weight is 365 g/mol. The first-order chi connectivity index (χ1) is 11.6. The lowest BCUT2D eigenvalue weighted by molar-refractivity contribution is 0.0606. The van der Waals surface area contributed by atoms with Gasteiger partial charge in [0.25, 0.3) is 5.91 Å². The number of methoxy groups -OCH3 is 1. The first kappa shape index (κ1) is 16.8. The lowest BCUT2D eigenvalue weighted by Gasteiger charge is -2.36. The minimum atomic E-state index is -0.414. The quantitative estimate of drug-likeness (QED) is 0.785. The summed E-state index contributed by atoms with van der Waals surface area (Å²) in [6.07, 6.45) is 0. The third-order valence-electron chi connectivity index (χ3n) is 3.96. The molecule has 1 aromatic heterocycles. The van der Waals surface area contributed by atoms with Crippen molar-refractivity contribution in [1.82, 2.24) is 4.90 Å². The summed E-state index contributed by atoms with van der Waals surface area (Å²) in [7, 11) is 1.33. The van der Waals surface area contributed by atoms with Crippen LogP contribution in [0.5, 0.6) is 0 Å². The number of nitrogens with zero attached hydrogens (tertiary/aromatic N) is 2. The molecule has 24 heavy (non-hydrogen) atoms. The maximum absolute atomic E-state index is 12.6. The molecule has 2 heterocycles. The number of esters is 1. The molecular formula is C17H17ClN2O3S. The molecule has 0 saturated carbocycles. The van der Waals surface area contributed by atoms with E-state index in [9.17, 15) is 9.59 Å². The SMILES string of the molecule is COC(=O)c1ccc(C(=O)N2CCN(c3ccccc3Cl)CC2)s1. The summed E-state index contributed by atoms with van der Waals surface area (Å²) in [6, 6.07) is 11.0. The topological polar surface area (TPSA) is 49.9 Å². The van der Waals surface area contributed by atoms with Gasteiger partial charge in [-0.2, -0.15) is 0 Å². The number of amides is 1. The van der Waals surface area contributed by atoms with Crippen molar-refractivity contribution in [2.24, 2.45) is 0 Å². The third kappa shape index (κ3) is 3.39. The molecule has 0 spiro atoms. The van der Waals surface area contributed by atoms with Crippen molar-refractivity contribution in [3.63, 3.8) is 0 Å². The second-order valence-corrected chi connectivity index (χ2v) is 6.88. The maximum atomic E-state index is 12.6. The van der Waals surface area contributed by atoms with Gasteiger partial charge in [-0.3, -0.25) is 4.79 Å². The van der Waals surface area contributed by atoms with Crippen LogP contribution in [-0.2, 0) is 4.74 Å². The number of carbonyl (C=O) groups excluding carboxylic acids is 2. The zero-order chi connectivity index (χ0) is 17.1. The number of para-hydroxylation sites is 1. The van der Waals surface area contributed by atoms with Crippen molar-refractivity contribution in [3.8, 4) is 0 Å². The second kappa shape index (κ2) is 7.23. The van der Waals surface area contributed by atoms with E-state index >= 15 is 0 Å². The van der Waals surface area contributed by atoms with Crippen LogP contribution in [0.25, 0.3) is 0 Å². The van der Waals surface area contributed by atoms with Crippen LogP contribution in [-0.4, -0.2) is 50.1 Å². The molecule has 1 aliphatic rings. The summed E-state index contributed by atoms with van der Waals surface area (Å²) < 4.78 is 4.68. The Hall–Kier alpha value is -2.05. The molecule has 7 heteroatoms. The number of anilines is 1. The predicted molar refractivity (Wildman–Crippen MR) is 95.2 cm³/mol. The fourth-order valence-corrected chi connectivity index (χ4v) is 3.83. The Kier molecular flexibility index (Phi) is 5.06. The minimum absolute atomic E-state index is 0.0473. The number of thiophene rings is 1. The van der Waals surface area contributed by atoms with Crippen LogP contribution in [0.4, 0.5) is 5.69 Å². The van der Waals surface area contributed by atoms with Gasteiger partial charge in [-0.15, -0.1) is 11.3 Å². The van der Waals surface area contributed by atoms with E-state index in [1.165, 1.54) is 18.4 Å². The molecule has 0 N–H and O–H groups in total. The molecule has 5 nitrogen and oxygen atoms in total. The van der Waals surface area contributed by atoms with Crippen molar-refractivity contribution < 1.29 is 14.3 Å². The lowest BCUT2D eigenvalue weighted by Crippen LogP contribution is -2.48. The van der Waals surface area contributed by atoms with E-state index in [1.807, 2.05) is 24.3 Å². The molecule has 126 valence electrons. The highest BCUT2D eigenvalue weighted by Crippen LogP contribution is 2.27. The van der Waals surface area contributed by atoms with E-state index in [0.717, 1.165) is 23.8 Å². The molecule has 1 aliphatic heterocycles. The van der Waals surface area contributed by atoms with Gasteiger partial charge in [0.15, 0.2) is 0 Å². The van der Waals surface area contributed by atoms with E-state index in [-0.39, 0.29) is 5.91 Å². The van der Waals surface area contributed by atoms with E-state index < -0.39 is 5.97 Å². The molecule has 0 atom stereocenters. The van der Waals surface area contributed by atoms with Gasteiger partial charge in [-0.05, 0) is 24.3 Å². The van der Waals surface area contributed by atoms with Crippen molar-refractivity contribution in [2.75, 3.05) is 38.2 Å². The Morgan fingerprint density at radius 1 is 1.04 bits per heavy atom. The van der Waals surface area contributed by atoms with Crippen LogP contribution in [0.15, 0.2) is 36.4 Å². The van der Waals surface area contributed by atoms with Crippen molar-refractivity contribution in [3.05, 3.63) is 51.2 Å². The molecule has 0 radical (unpaired) electrons. The van der Waals surface area contributed by atoms with Gasteiger partial charge < -0.3 is 14.5 Å². The normalized spacial score (nSPS) is 14.6. The number of carbonyl (C=O) groups is 2. The number of hydrogen-bond donors (Lipinski definition) is 0. The van der Waals surface area contributed by atoms with Gasteiger partial charge in [-0.1, -0.05) is 23.7 Å². The standard InChI is InChI=1S/C17H17ClN2O3S/c1-23-17(22)15-7-6-14(24-15)16(21)20-10-8-19(9-11-20)13-5-3-2-4-12(13)18/h2-7H,8-11H2,1H3. The Bertz CT molecular complexity index is 754. The smallest absolute Gasteiger partial charge is 0.348 e. The molecule has 1 fully saturated rings. The Morgan fingerprint density at radius 2 is 1.71 bits per heavy atom. The number of rotatable bonds is 3. The lowest BCUT2D eigenvalue weighted by atomic mass is 10.2. The number of benzene rings is 1. The number of hydrogen-bond acceptors (Lipinski definition) is 5. The zero-order valence-corrected chi connectivity index (χ0v) is 14.8. The van der Waals surface area contributed by atoms with Gasteiger partial charge in [0, 0.05) is 26.2 Å². The summed E-state index contributed by atoms with van der Waals surface area (Å²) in [5.41, 5.74) is 0.996. The molecule has 0 unspecified atom stereocenters. The maximum Gasteiger partial charge on any atom is 0.348 e. The van der Waals surface area contributed by atoms with Crippen molar-refractivity contribution in [2.45, 2.75) is 0 Å². The highest BCUT2D eigenvalue weighted by atomic mass is 35.5. The highest BCUT2D eigenvalue weighted by molar-refractivity contribution is 7.15. The van der Waals surface area contributed by atoms with Gasteiger partial charge in [-0.25, -0.2) is 4.79 Å². The average Bonchev–Trinajstić information content (AvgIpc) is 3.11. The molecule has 2 aromatic rings. The van der Waals surface area contributed by atoms with E-state index in [2.05, 4.69) is 9.64 Å². The fraction of sp³-hybridized carbons (Fsp3) is 0.294. The molecule has 0 bridgehead atoms. The van der Waals surface area contributed by atoms with Gasteiger partial charge in [0.2, 0.25) is 0 Å². The summed E-state index contributed by atoms with van der Waals surface area (Å²) in [5.74, 6) is -0.462. The molecule has 1 aromatic carbocycles. The second-order valence-electron chi connectivity index (χ2n) is 5.39. The van der Waals surface area contributed by atoms with Crippen LogP contribution in [0, 0.1) is 0 Å². The van der Waals surface area contributed by atoms with Crippen molar-refractivity contribution >= 4 is 40.5 Å². The Morgan fingerprint density at radius 3 is 2.38 bits per heavy atom. The number of piperazine rings is 1. The van der Waals surface area contributed by atoms with Crippen LogP contribution in [0.2, 0.25) is 5.02 Å². The summed E-state index contributed by atoms with van der Waals surface area (Å²) in [5, 5.41) is 0.721. The molecule has 0 aliphatic carbocycles.